The third-order valence-corrected chi connectivity index (χ3v) is 4.66. The highest BCUT2D eigenvalue weighted by Gasteiger charge is 2.35. The number of rotatable bonds is 4. The van der Waals surface area contributed by atoms with Gasteiger partial charge in [0.05, 0.1) is 6.61 Å². The Hall–Kier alpha value is -0.810. The highest BCUT2D eigenvalue weighted by atomic mass is 16.8. The molecule has 2 aliphatic rings. The van der Waals surface area contributed by atoms with Crippen molar-refractivity contribution in [2.75, 3.05) is 13.2 Å². The summed E-state index contributed by atoms with van der Waals surface area (Å²) >= 11 is 0. The van der Waals surface area contributed by atoms with Crippen LogP contribution in [0.2, 0.25) is 0 Å². The van der Waals surface area contributed by atoms with Crippen LogP contribution in [0, 0.1) is 17.8 Å². The molecule has 2 rings (SSSR count). The van der Waals surface area contributed by atoms with Gasteiger partial charge in [-0.05, 0) is 44.4 Å². The first-order valence-electron chi connectivity index (χ1n) is 8.42. The summed E-state index contributed by atoms with van der Waals surface area (Å²) in [5, 5.41) is 0. The van der Waals surface area contributed by atoms with Crippen molar-refractivity contribution < 1.29 is 23.7 Å². The minimum Gasteiger partial charge on any atom is -0.431 e. The first-order chi connectivity index (χ1) is 10.3. The molecule has 1 heterocycles. The van der Waals surface area contributed by atoms with E-state index in [0.717, 1.165) is 12.8 Å². The third-order valence-electron chi connectivity index (χ3n) is 4.66. The summed E-state index contributed by atoms with van der Waals surface area (Å²) in [5.74, 6) is 0.936. The molecule has 0 aromatic rings. The molecule has 5 nitrogen and oxygen atoms in total. The largest absolute Gasteiger partial charge is 0.508 e. The molecule has 0 amide bonds. The average molecular weight is 314 g/mol. The van der Waals surface area contributed by atoms with Gasteiger partial charge in [-0.2, -0.15) is 0 Å². The Labute approximate surface area is 133 Å². The molecule has 1 saturated carbocycles. The van der Waals surface area contributed by atoms with Crippen LogP contribution < -0.4 is 0 Å². The fourth-order valence-electron chi connectivity index (χ4n) is 3.41. The van der Waals surface area contributed by atoms with Gasteiger partial charge in [-0.25, -0.2) is 4.79 Å². The van der Waals surface area contributed by atoms with Gasteiger partial charge in [-0.1, -0.05) is 27.2 Å². The van der Waals surface area contributed by atoms with E-state index in [-0.39, 0.29) is 18.8 Å². The SMILES string of the molecule is CC(C)[C@@H]1CC[C@@H](C)C[C@@H]1OC(=O)OCC1COC(C)(C)O1. The quantitative estimate of drug-likeness (QED) is 0.740. The van der Waals surface area contributed by atoms with Gasteiger partial charge in [0.15, 0.2) is 5.79 Å². The molecule has 0 spiro atoms. The first kappa shape index (κ1) is 17.5. The summed E-state index contributed by atoms with van der Waals surface area (Å²) in [6, 6.07) is 0. The Morgan fingerprint density at radius 2 is 2.05 bits per heavy atom. The lowest BCUT2D eigenvalue weighted by molar-refractivity contribution is -0.144. The third kappa shape index (κ3) is 4.85. The van der Waals surface area contributed by atoms with Gasteiger partial charge in [0, 0.05) is 0 Å². The van der Waals surface area contributed by atoms with Crippen LogP contribution in [0.1, 0.15) is 53.9 Å². The van der Waals surface area contributed by atoms with E-state index in [4.69, 9.17) is 18.9 Å². The first-order valence-corrected chi connectivity index (χ1v) is 8.42. The maximum absolute atomic E-state index is 12.0. The van der Waals surface area contributed by atoms with Crippen molar-refractivity contribution in [3.63, 3.8) is 0 Å². The van der Waals surface area contributed by atoms with E-state index in [1.165, 1.54) is 6.42 Å². The van der Waals surface area contributed by atoms with Crippen molar-refractivity contribution >= 4 is 6.16 Å². The second-order valence-corrected chi connectivity index (χ2v) is 7.49. The van der Waals surface area contributed by atoms with Crippen molar-refractivity contribution in [2.45, 2.75) is 71.9 Å². The maximum Gasteiger partial charge on any atom is 0.508 e. The van der Waals surface area contributed by atoms with Gasteiger partial charge in [-0.3, -0.25) is 0 Å². The van der Waals surface area contributed by atoms with E-state index < -0.39 is 11.9 Å². The molecule has 0 bridgehead atoms. The summed E-state index contributed by atoms with van der Waals surface area (Å²) in [6.07, 6.45) is 2.42. The van der Waals surface area contributed by atoms with E-state index in [1.54, 1.807) is 0 Å². The highest BCUT2D eigenvalue weighted by Crippen LogP contribution is 2.35. The van der Waals surface area contributed by atoms with Gasteiger partial charge in [-0.15, -0.1) is 0 Å². The van der Waals surface area contributed by atoms with Gasteiger partial charge in [0.1, 0.15) is 18.8 Å². The average Bonchev–Trinajstić information content (AvgIpc) is 2.76. The molecule has 128 valence electrons. The normalized spacial score (nSPS) is 34.6. The van der Waals surface area contributed by atoms with Crippen LogP contribution in [-0.4, -0.2) is 37.4 Å². The van der Waals surface area contributed by atoms with Crippen LogP contribution in [0.4, 0.5) is 4.79 Å². The van der Waals surface area contributed by atoms with Crippen molar-refractivity contribution in [1.82, 2.24) is 0 Å². The van der Waals surface area contributed by atoms with Crippen molar-refractivity contribution in [1.29, 1.82) is 0 Å². The van der Waals surface area contributed by atoms with E-state index in [2.05, 4.69) is 20.8 Å². The molecule has 1 aliphatic carbocycles. The van der Waals surface area contributed by atoms with Crippen molar-refractivity contribution in [3.8, 4) is 0 Å². The molecule has 1 unspecified atom stereocenters. The molecule has 0 N–H and O–H groups in total. The summed E-state index contributed by atoms with van der Waals surface area (Å²) < 4.78 is 21.9. The Balaban J connectivity index is 1.77. The Kier molecular flexibility index (Phi) is 5.72. The Bertz CT molecular complexity index is 379. The lowest BCUT2D eigenvalue weighted by atomic mass is 9.75. The van der Waals surface area contributed by atoms with E-state index >= 15 is 0 Å². The van der Waals surface area contributed by atoms with Crippen LogP contribution in [0.5, 0.6) is 0 Å². The second kappa shape index (κ2) is 7.18. The minimum atomic E-state index is -0.598. The smallest absolute Gasteiger partial charge is 0.431 e. The molecule has 2 fully saturated rings. The summed E-state index contributed by atoms with van der Waals surface area (Å²) in [5.41, 5.74) is 0. The number of hydrogen-bond acceptors (Lipinski definition) is 5. The van der Waals surface area contributed by atoms with Crippen LogP contribution in [0.25, 0.3) is 0 Å². The molecule has 1 saturated heterocycles. The van der Waals surface area contributed by atoms with Gasteiger partial charge in [0.2, 0.25) is 0 Å². The summed E-state index contributed by atoms with van der Waals surface area (Å²) in [4.78, 5) is 12.0. The zero-order chi connectivity index (χ0) is 16.3. The number of carbonyl (C=O) groups is 1. The van der Waals surface area contributed by atoms with Gasteiger partial charge >= 0.3 is 6.16 Å². The van der Waals surface area contributed by atoms with E-state index in [0.29, 0.717) is 24.4 Å². The molecule has 0 radical (unpaired) electrons. The zero-order valence-corrected chi connectivity index (χ0v) is 14.5. The topological polar surface area (TPSA) is 54.0 Å². The second-order valence-electron chi connectivity index (χ2n) is 7.49. The monoisotopic (exact) mass is 314 g/mol. The molecular weight excluding hydrogens is 284 g/mol. The number of ether oxygens (including phenoxy) is 4. The number of hydrogen-bond donors (Lipinski definition) is 0. The number of carbonyl (C=O) groups excluding carboxylic acids is 1. The lowest BCUT2D eigenvalue weighted by Gasteiger charge is -2.36. The van der Waals surface area contributed by atoms with Crippen molar-refractivity contribution in [3.05, 3.63) is 0 Å². The minimum absolute atomic E-state index is 0.0339. The van der Waals surface area contributed by atoms with Crippen LogP contribution >= 0.6 is 0 Å². The molecule has 0 aromatic carbocycles. The molecule has 4 atom stereocenters. The van der Waals surface area contributed by atoms with Crippen LogP contribution in [-0.2, 0) is 18.9 Å². The maximum atomic E-state index is 12.0. The fraction of sp³-hybridized carbons (Fsp3) is 0.941. The zero-order valence-electron chi connectivity index (χ0n) is 14.5. The Morgan fingerprint density at radius 3 is 2.64 bits per heavy atom. The molecule has 0 aromatic heterocycles. The fourth-order valence-corrected chi connectivity index (χ4v) is 3.41. The van der Waals surface area contributed by atoms with Crippen molar-refractivity contribution in [2.24, 2.45) is 17.8 Å². The summed E-state index contributed by atoms with van der Waals surface area (Å²) in [6.45, 7) is 10.9. The molecule has 5 heteroatoms. The standard InChI is InChI=1S/C17H30O5/c1-11(2)14-7-6-12(3)8-15(14)21-16(18)19-9-13-10-20-17(4,5)22-13/h11-15H,6-10H2,1-5H3/t12-,13?,14+,15+/m1/s1. The summed E-state index contributed by atoms with van der Waals surface area (Å²) in [7, 11) is 0. The van der Waals surface area contributed by atoms with E-state index in [9.17, 15) is 4.79 Å². The molecule has 1 aliphatic heterocycles. The highest BCUT2D eigenvalue weighted by molar-refractivity contribution is 5.60. The predicted molar refractivity (Wildman–Crippen MR) is 82.5 cm³/mol. The van der Waals surface area contributed by atoms with Gasteiger partial charge in [0.25, 0.3) is 0 Å². The molecular formula is C17H30O5. The molecule has 22 heavy (non-hydrogen) atoms. The lowest BCUT2D eigenvalue weighted by Crippen LogP contribution is -2.36. The van der Waals surface area contributed by atoms with E-state index in [1.807, 2.05) is 13.8 Å². The Morgan fingerprint density at radius 1 is 1.32 bits per heavy atom. The van der Waals surface area contributed by atoms with Gasteiger partial charge < -0.3 is 18.9 Å². The van der Waals surface area contributed by atoms with Crippen LogP contribution in [0.15, 0.2) is 0 Å². The van der Waals surface area contributed by atoms with Crippen LogP contribution in [0.3, 0.4) is 0 Å². The predicted octanol–water partition coefficient (Wildman–Crippen LogP) is 3.75.